The third kappa shape index (κ3) is 3.57. The number of primary amides is 1. The molecule has 1 rings (SSSR count). The van der Waals surface area contributed by atoms with Crippen LogP contribution in [0.2, 0.25) is 0 Å². The topological polar surface area (TPSA) is 92.4 Å². The Morgan fingerprint density at radius 1 is 1.35 bits per heavy atom. The minimum atomic E-state index is -1.29. The molecule has 0 bridgehead atoms. The maximum Gasteiger partial charge on any atom is 0.254 e. The second-order valence-electron chi connectivity index (χ2n) is 3.69. The standard InChI is InChI=1S/C12H16N2O3/c1-2-9(11(13)16)14-12(17)10(15)8-6-4-3-5-7-8/h3-7,9-10,15H,2H2,1H3,(H2,13,16)(H,14,17)/t9-,10-/m0/s1. The van der Waals surface area contributed by atoms with E-state index in [9.17, 15) is 14.7 Å². The van der Waals surface area contributed by atoms with Gasteiger partial charge < -0.3 is 16.2 Å². The Kier molecular flexibility index (Phi) is 4.66. The van der Waals surface area contributed by atoms with Crippen LogP contribution in [0.4, 0.5) is 0 Å². The van der Waals surface area contributed by atoms with Crippen LogP contribution in [0.25, 0.3) is 0 Å². The van der Waals surface area contributed by atoms with Crippen LogP contribution in [0.3, 0.4) is 0 Å². The highest BCUT2D eigenvalue weighted by molar-refractivity contribution is 5.88. The number of carbonyl (C=O) groups is 2. The van der Waals surface area contributed by atoms with Gasteiger partial charge in [0.15, 0.2) is 6.10 Å². The van der Waals surface area contributed by atoms with E-state index in [1.54, 1.807) is 37.3 Å². The van der Waals surface area contributed by atoms with Gasteiger partial charge in [0.1, 0.15) is 6.04 Å². The molecule has 2 atom stereocenters. The van der Waals surface area contributed by atoms with Gasteiger partial charge in [0, 0.05) is 0 Å². The van der Waals surface area contributed by atoms with E-state index in [0.717, 1.165) is 0 Å². The van der Waals surface area contributed by atoms with Crippen LogP contribution >= 0.6 is 0 Å². The van der Waals surface area contributed by atoms with Crippen molar-refractivity contribution in [2.24, 2.45) is 5.73 Å². The highest BCUT2D eigenvalue weighted by Crippen LogP contribution is 2.12. The lowest BCUT2D eigenvalue weighted by atomic mass is 10.1. The number of aliphatic hydroxyl groups is 1. The second-order valence-corrected chi connectivity index (χ2v) is 3.69. The van der Waals surface area contributed by atoms with Crippen LogP contribution in [0.15, 0.2) is 30.3 Å². The summed E-state index contributed by atoms with van der Waals surface area (Å²) >= 11 is 0. The molecule has 4 N–H and O–H groups in total. The number of nitrogens with one attached hydrogen (secondary N) is 1. The second kappa shape index (κ2) is 6.00. The van der Waals surface area contributed by atoms with E-state index in [-0.39, 0.29) is 0 Å². The Labute approximate surface area is 99.6 Å². The smallest absolute Gasteiger partial charge is 0.254 e. The molecule has 0 unspecified atom stereocenters. The Hall–Kier alpha value is -1.88. The molecule has 5 heteroatoms. The number of nitrogens with two attached hydrogens (primary N) is 1. The average Bonchev–Trinajstić information content (AvgIpc) is 2.35. The van der Waals surface area contributed by atoms with Gasteiger partial charge in [0.2, 0.25) is 5.91 Å². The van der Waals surface area contributed by atoms with E-state index in [1.165, 1.54) is 0 Å². The minimum absolute atomic E-state index is 0.391. The largest absolute Gasteiger partial charge is 0.378 e. The average molecular weight is 236 g/mol. The number of aliphatic hydroxyl groups excluding tert-OH is 1. The maximum atomic E-state index is 11.6. The lowest BCUT2D eigenvalue weighted by molar-refractivity contribution is -0.133. The van der Waals surface area contributed by atoms with Crippen molar-refractivity contribution in [3.63, 3.8) is 0 Å². The van der Waals surface area contributed by atoms with Crippen LogP contribution in [0.5, 0.6) is 0 Å². The summed E-state index contributed by atoms with van der Waals surface area (Å²) in [5.41, 5.74) is 5.58. The zero-order valence-corrected chi connectivity index (χ0v) is 9.59. The monoisotopic (exact) mass is 236 g/mol. The number of hydrogen-bond donors (Lipinski definition) is 3. The predicted molar refractivity (Wildman–Crippen MR) is 62.8 cm³/mol. The fourth-order valence-corrected chi connectivity index (χ4v) is 1.41. The van der Waals surface area contributed by atoms with Crippen molar-refractivity contribution >= 4 is 11.8 Å². The zero-order valence-electron chi connectivity index (χ0n) is 9.59. The van der Waals surface area contributed by atoms with Gasteiger partial charge in [-0.05, 0) is 12.0 Å². The number of amides is 2. The molecule has 0 fully saturated rings. The number of hydrogen-bond acceptors (Lipinski definition) is 3. The lowest BCUT2D eigenvalue weighted by Gasteiger charge is -2.16. The molecule has 5 nitrogen and oxygen atoms in total. The summed E-state index contributed by atoms with van der Waals surface area (Å²) in [6, 6.07) is 7.74. The van der Waals surface area contributed by atoms with Crippen LogP contribution in [0.1, 0.15) is 25.0 Å². The molecule has 0 saturated heterocycles. The molecule has 92 valence electrons. The molecule has 0 radical (unpaired) electrons. The highest BCUT2D eigenvalue weighted by atomic mass is 16.3. The highest BCUT2D eigenvalue weighted by Gasteiger charge is 2.22. The van der Waals surface area contributed by atoms with Gasteiger partial charge >= 0.3 is 0 Å². The summed E-state index contributed by atoms with van der Waals surface area (Å²) in [6.07, 6.45) is -0.896. The van der Waals surface area contributed by atoms with E-state index in [4.69, 9.17) is 5.73 Å². The summed E-state index contributed by atoms with van der Waals surface area (Å²) in [5.74, 6) is -1.23. The van der Waals surface area contributed by atoms with E-state index in [1.807, 2.05) is 0 Å². The quantitative estimate of drug-likeness (QED) is 0.677. The van der Waals surface area contributed by atoms with E-state index in [2.05, 4.69) is 5.32 Å². The van der Waals surface area contributed by atoms with Gasteiger partial charge in [-0.3, -0.25) is 9.59 Å². The normalized spacial score (nSPS) is 13.8. The van der Waals surface area contributed by atoms with Gasteiger partial charge in [-0.15, -0.1) is 0 Å². The van der Waals surface area contributed by atoms with Crippen molar-refractivity contribution < 1.29 is 14.7 Å². The molecule has 1 aromatic rings. The van der Waals surface area contributed by atoms with Crippen LogP contribution in [0, 0.1) is 0 Å². The van der Waals surface area contributed by atoms with Gasteiger partial charge in [-0.2, -0.15) is 0 Å². The molecule has 2 amide bonds. The number of benzene rings is 1. The van der Waals surface area contributed by atoms with E-state index >= 15 is 0 Å². The third-order valence-corrected chi connectivity index (χ3v) is 2.43. The first-order chi connectivity index (χ1) is 8.06. The fourth-order valence-electron chi connectivity index (χ4n) is 1.41. The molecule has 0 heterocycles. The van der Waals surface area contributed by atoms with Crippen molar-refractivity contribution in [2.45, 2.75) is 25.5 Å². The molecular formula is C12H16N2O3. The first kappa shape index (κ1) is 13.2. The Morgan fingerprint density at radius 3 is 2.41 bits per heavy atom. The van der Waals surface area contributed by atoms with E-state index < -0.39 is 24.0 Å². The van der Waals surface area contributed by atoms with Crippen molar-refractivity contribution in [3.05, 3.63) is 35.9 Å². The zero-order chi connectivity index (χ0) is 12.8. The van der Waals surface area contributed by atoms with Crippen molar-refractivity contribution in [3.8, 4) is 0 Å². The Bertz CT molecular complexity index is 392. The van der Waals surface area contributed by atoms with Crippen LogP contribution < -0.4 is 11.1 Å². The SMILES string of the molecule is CC[C@H](NC(=O)[C@@H](O)c1ccccc1)C(N)=O. The number of carbonyl (C=O) groups excluding carboxylic acids is 2. The Balaban J connectivity index is 2.68. The molecule has 0 aliphatic rings. The maximum absolute atomic E-state index is 11.6. The molecule has 0 aromatic heterocycles. The van der Waals surface area contributed by atoms with Gasteiger partial charge in [0.25, 0.3) is 5.91 Å². The fraction of sp³-hybridized carbons (Fsp3) is 0.333. The van der Waals surface area contributed by atoms with E-state index in [0.29, 0.717) is 12.0 Å². The molecule has 0 aliphatic heterocycles. The third-order valence-electron chi connectivity index (χ3n) is 2.43. The molecule has 0 spiro atoms. The lowest BCUT2D eigenvalue weighted by Crippen LogP contribution is -2.45. The molecule has 0 aliphatic carbocycles. The molecule has 0 saturated carbocycles. The van der Waals surface area contributed by atoms with Crippen LogP contribution in [-0.2, 0) is 9.59 Å². The summed E-state index contributed by atoms with van der Waals surface area (Å²) in [4.78, 5) is 22.6. The minimum Gasteiger partial charge on any atom is -0.378 e. The summed E-state index contributed by atoms with van der Waals surface area (Å²) in [6.45, 7) is 1.73. The molecule has 17 heavy (non-hydrogen) atoms. The van der Waals surface area contributed by atoms with Crippen molar-refractivity contribution in [2.75, 3.05) is 0 Å². The van der Waals surface area contributed by atoms with Gasteiger partial charge in [0.05, 0.1) is 0 Å². The first-order valence-electron chi connectivity index (χ1n) is 5.39. The first-order valence-corrected chi connectivity index (χ1v) is 5.39. The number of rotatable bonds is 5. The Morgan fingerprint density at radius 2 is 1.94 bits per heavy atom. The summed E-state index contributed by atoms with van der Waals surface area (Å²) in [7, 11) is 0. The summed E-state index contributed by atoms with van der Waals surface area (Å²) < 4.78 is 0. The van der Waals surface area contributed by atoms with Gasteiger partial charge in [-0.1, -0.05) is 37.3 Å². The molecule has 1 aromatic carbocycles. The van der Waals surface area contributed by atoms with Crippen LogP contribution in [-0.4, -0.2) is 23.0 Å². The predicted octanol–water partition coefficient (Wildman–Crippen LogP) is 0.100. The molecular weight excluding hydrogens is 220 g/mol. The van der Waals surface area contributed by atoms with Gasteiger partial charge in [-0.25, -0.2) is 0 Å². The van der Waals surface area contributed by atoms with Crippen molar-refractivity contribution in [1.29, 1.82) is 0 Å². The van der Waals surface area contributed by atoms with Crippen molar-refractivity contribution in [1.82, 2.24) is 5.32 Å². The summed E-state index contributed by atoms with van der Waals surface area (Å²) in [5, 5.41) is 12.2.